The first-order chi connectivity index (χ1) is 17.9. The maximum atomic E-state index is 13.3. The lowest BCUT2D eigenvalue weighted by atomic mass is 9.95. The van der Waals surface area contributed by atoms with Crippen LogP contribution >= 0.6 is 0 Å². The Kier molecular flexibility index (Phi) is 8.84. The van der Waals surface area contributed by atoms with Gasteiger partial charge in [-0.1, -0.05) is 19.1 Å². The van der Waals surface area contributed by atoms with Crippen LogP contribution in [0.15, 0.2) is 54.1 Å². The third kappa shape index (κ3) is 6.32. The normalized spacial score (nSPS) is 20.0. The maximum absolute atomic E-state index is 13.3. The molecule has 0 saturated carbocycles. The molecule has 0 bridgehead atoms. The van der Waals surface area contributed by atoms with Gasteiger partial charge in [0.2, 0.25) is 0 Å². The molecule has 8 heteroatoms. The summed E-state index contributed by atoms with van der Waals surface area (Å²) in [6.07, 6.45) is 0.872. The van der Waals surface area contributed by atoms with Gasteiger partial charge in [-0.25, -0.2) is 0 Å². The Balaban J connectivity index is 1.71. The fraction of sp³-hybridized carbons (Fsp3) is 0.448. The van der Waals surface area contributed by atoms with Crippen molar-refractivity contribution in [3.63, 3.8) is 0 Å². The molecule has 2 aromatic rings. The highest BCUT2D eigenvalue weighted by molar-refractivity contribution is 6.46. The number of Topliss-reactive ketones (excluding diaryl/α,β-unsaturated/α-hetero) is 1. The third-order valence-corrected chi connectivity index (χ3v) is 6.45. The molecule has 0 spiro atoms. The van der Waals surface area contributed by atoms with Crippen LogP contribution in [0.4, 0.5) is 0 Å². The van der Waals surface area contributed by atoms with Crippen molar-refractivity contribution in [1.29, 1.82) is 0 Å². The molecule has 198 valence electrons. The fourth-order valence-corrected chi connectivity index (χ4v) is 4.64. The van der Waals surface area contributed by atoms with E-state index in [0.717, 1.165) is 25.1 Å². The SMILES string of the molecule is CCCOc1cccc(C2/C(=C(\O)c3ccc(OC(C)C)cc3)C(=O)C(=O)N2CCN2CCOCC2)c1. The van der Waals surface area contributed by atoms with Crippen molar-refractivity contribution >= 4 is 17.4 Å². The van der Waals surface area contributed by atoms with Crippen LogP contribution in [-0.4, -0.2) is 78.7 Å². The molecule has 0 radical (unpaired) electrons. The van der Waals surface area contributed by atoms with E-state index < -0.39 is 17.7 Å². The number of aliphatic hydroxyl groups is 1. The second kappa shape index (κ2) is 12.3. The predicted octanol–water partition coefficient (Wildman–Crippen LogP) is 4.02. The van der Waals surface area contributed by atoms with E-state index in [9.17, 15) is 14.7 Å². The van der Waals surface area contributed by atoms with E-state index in [1.165, 1.54) is 0 Å². The number of likely N-dealkylation sites (tertiary alicyclic amines) is 1. The summed E-state index contributed by atoms with van der Waals surface area (Å²) in [6.45, 7) is 10.3. The van der Waals surface area contributed by atoms with E-state index in [4.69, 9.17) is 14.2 Å². The standard InChI is InChI=1S/C29H36N2O6/c1-4-16-36-24-7-5-6-22(19-24)26-25(27(32)21-8-10-23(11-9-21)37-20(2)3)28(33)29(34)31(26)13-12-30-14-17-35-18-15-30/h5-11,19-20,26,32H,4,12-18H2,1-3H3/b27-25+. The van der Waals surface area contributed by atoms with Crippen LogP contribution in [0.25, 0.3) is 5.76 Å². The molecule has 2 fully saturated rings. The summed E-state index contributed by atoms with van der Waals surface area (Å²) >= 11 is 0. The van der Waals surface area contributed by atoms with Gasteiger partial charge in [0, 0.05) is 31.7 Å². The van der Waals surface area contributed by atoms with Gasteiger partial charge in [-0.15, -0.1) is 0 Å². The van der Waals surface area contributed by atoms with Gasteiger partial charge in [-0.3, -0.25) is 14.5 Å². The van der Waals surface area contributed by atoms with Crippen molar-refractivity contribution in [2.75, 3.05) is 46.0 Å². The maximum Gasteiger partial charge on any atom is 0.295 e. The van der Waals surface area contributed by atoms with Crippen molar-refractivity contribution < 1.29 is 28.9 Å². The highest BCUT2D eigenvalue weighted by Crippen LogP contribution is 2.40. The van der Waals surface area contributed by atoms with Crippen molar-refractivity contribution in [3.8, 4) is 11.5 Å². The van der Waals surface area contributed by atoms with Gasteiger partial charge in [0.05, 0.1) is 37.5 Å². The zero-order valence-electron chi connectivity index (χ0n) is 21.8. The van der Waals surface area contributed by atoms with Gasteiger partial charge in [0.25, 0.3) is 11.7 Å². The molecular formula is C29H36N2O6. The number of carbonyl (C=O) groups is 2. The van der Waals surface area contributed by atoms with Crippen LogP contribution in [0.3, 0.4) is 0 Å². The summed E-state index contributed by atoms with van der Waals surface area (Å²) in [5.74, 6) is -0.178. The summed E-state index contributed by atoms with van der Waals surface area (Å²) in [5, 5.41) is 11.3. The molecule has 0 aliphatic carbocycles. The van der Waals surface area contributed by atoms with Crippen LogP contribution in [-0.2, 0) is 14.3 Å². The first kappa shape index (κ1) is 26.7. The van der Waals surface area contributed by atoms with Crippen molar-refractivity contribution in [1.82, 2.24) is 9.80 Å². The van der Waals surface area contributed by atoms with Crippen molar-refractivity contribution in [2.24, 2.45) is 0 Å². The van der Waals surface area contributed by atoms with E-state index >= 15 is 0 Å². The van der Waals surface area contributed by atoms with Gasteiger partial charge in [-0.2, -0.15) is 0 Å². The molecule has 2 aliphatic heterocycles. The first-order valence-corrected chi connectivity index (χ1v) is 13.0. The van der Waals surface area contributed by atoms with E-state index in [0.29, 0.717) is 50.0 Å². The number of hydrogen-bond acceptors (Lipinski definition) is 7. The Hall–Kier alpha value is -3.36. The first-order valence-electron chi connectivity index (χ1n) is 13.0. The smallest absolute Gasteiger partial charge is 0.295 e. The van der Waals surface area contributed by atoms with E-state index in [-0.39, 0.29) is 17.4 Å². The van der Waals surface area contributed by atoms with Crippen LogP contribution in [0, 0.1) is 0 Å². The zero-order chi connectivity index (χ0) is 26.4. The topological polar surface area (TPSA) is 88.5 Å². The Morgan fingerprint density at radius 1 is 1.05 bits per heavy atom. The van der Waals surface area contributed by atoms with Gasteiger partial charge in [0.1, 0.15) is 17.3 Å². The number of nitrogens with zero attached hydrogens (tertiary/aromatic N) is 2. The molecule has 2 aliphatic rings. The van der Waals surface area contributed by atoms with Gasteiger partial charge < -0.3 is 24.2 Å². The highest BCUT2D eigenvalue weighted by atomic mass is 16.5. The molecule has 1 amide bonds. The highest BCUT2D eigenvalue weighted by Gasteiger charge is 2.46. The number of aliphatic hydroxyl groups excluding tert-OH is 1. The van der Waals surface area contributed by atoms with Gasteiger partial charge >= 0.3 is 0 Å². The average Bonchev–Trinajstić information content (AvgIpc) is 3.16. The van der Waals surface area contributed by atoms with E-state index in [2.05, 4.69) is 4.90 Å². The second-order valence-electron chi connectivity index (χ2n) is 9.56. The number of hydrogen-bond donors (Lipinski definition) is 1. The van der Waals surface area contributed by atoms with Crippen LogP contribution in [0.1, 0.15) is 44.4 Å². The molecule has 37 heavy (non-hydrogen) atoms. The fourth-order valence-electron chi connectivity index (χ4n) is 4.64. The Morgan fingerprint density at radius 2 is 1.78 bits per heavy atom. The molecule has 2 saturated heterocycles. The van der Waals surface area contributed by atoms with Crippen molar-refractivity contribution in [2.45, 2.75) is 39.3 Å². The van der Waals surface area contributed by atoms with Gasteiger partial charge in [-0.05, 0) is 62.2 Å². The third-order valence-electron chi connectivity index (χ3n) is 6.45. The number of amides is 1. The van der Waals surface area contributed by atoms with Crippen molar-refractivity contribution in [3.05, 3.63) is 65.2 Å². The largest absolute Gasteiger partial charge is 0.507 e. The van der Waals surface area contributed by atoms with Crippen LogP contribution in [0.2, 0.25) is 0 Å². The summed E-state index contributed by atoms with van der Waals surface area (Å²) in [7, 11) is 0. The molecule has 2 aromatic carbocycles. The molecule has 8 nitrogen and oxygen atoms in total. The molecule has 1 unspecified atom stereocenters. The minimum absolute atomic E-state index is 0.0124. The van der Waals surface area contributed by atoms with Crippen LogP contribution in [0.5, 0.6) is 11.5 Å². The monoisotopic (exact) mass is 508 g/mol. The lowest BCUT2D eigenvalue weighted by Gasteiger charge is -2.31. The Labute approximate surface area is 218 Å². The number of morpholine rings is 1. The molecule has 1 N–H and O–H groups in total. The second-order valence-corrected chi connectivity index (χ2v) is 9.56. The molecular weight excluding hydrogens is 472 g/mol. The quantitative estimate of drug-likeness (QED) is 0.295. The number of ketones is 1. The Morgan fingerprint density at radius 3 is 2.46 bits per heavy atom. The number of carbonyl (C=O) groups excluding carboxylic acids is 2. The average molecular weight is 509 g/mol. The van der Waals surface area contributed by atoms with Crippen LogP contribution < -0.4 is 9.47 Å². The number of benzene rings is 2. The zero-order valence-corrected chi connectivity index (χ0v) is 21.8. The molecule has 4 rings (SSSR count). The summed E-state index contributed by atoms with van der Waals surface area (Å²) in [6, 6.07) is 13.6. The lowest BCUT2D eigenvalue weighted by molar-refractivity contribution is -0.140. The molecule has 0 aromatic heterocycles. The number of ether oxygens (including phenoxy) is 3. The predicted molar refractivity (Wildman–Crippen MR) is 141 cm³/mol. The lowest BCUT2D eigenvalue weighted by Crippen LogP contribution is -2.42. The van der Waals surface area contributed by atoms with E-state index in [1.54, 1.807) is 29.2 Å². The Bertz CT molecular complexity index is 1120. The molecule has 2 heterocycles. The summed E-state index contributed by atoms with van der Waals surface area (Å²) in [4.78, 5) is 30.4. The minimum atomic E-state index is -0.724. The minimum Gasteiger partial charge on any atom is -0.507 e. The summed E-state index contributed by atoms with van der Waals surface area (Å²) in [5.41, 5.74) is 1.25. The van der Waals surface area contributed by atoms with Gasteiger partial charge in [0.15, 0.2) is 0 Å². The molecule has 1 atom stereocenters. The van der Waals surface area contributed by atoms with E-state index in [1.807, 2.05) is 45.0 Å². The summed E-state index contributed by atoms with van der Waals surface area (Å²) < 4.78 is 17.0. The number of rotatable bonds is 10.